The molecular weight excluding hydrogens is 478 g/mol. The van der Waals surface area contributed by atoms with Crippen molar-refractivity contribution in [3.8, 4) is 11.1 Å². The number of amides is 2. The third-order valence-electron chi connectivity index (χ3n) is 5.40. The summed E-state index contributed by atoms with van der Waals surface area (Å²) in [6.07, 6.45) is 1.46. The van der Waals surface area contributed by atoms with Gasteiger partial charge < -0.3 is 20.2 Å². The minimum atomic E-state index is -3.85. The quantitative estimate of drug-likeness (QED) is 0.232. The monoisotopic (exact) mass is 509 g/mol. The molecule has 0 spiro atoms. The van der Waals surface area contributed by atoms with Crippen LogP contribution in [0.25, 0.3) is 11.1 Å². The van der Waals surface area contributed by atoms with Crippen molar-refractivity contribution in [2.75, 3.05) is 25.1 Å². The maximum absolute atomic E-state index is 13.0. The zero-order chi connectivity index (χ0) is 25.8. The largest absolute Gasteiger partial charge is 0.382 e. The van der Waals surface area contributed by atoms with E-state index in [1.165, 1.54) is 12.1 Å². The second-order valence-electron chi connectivity index (χ2n) is 8.02. The van der Waals surface area contributed by atoms with Gasteiger partial charge in [-0.25, -0.2) is 17.9 Å². The summed E-state index contributed by atoms with van der Waals surface area (Å²) in [5.74, 6) is 0. The van der Waals surface area contributed by atoms with E-state index in [4.69, 9.17) is 4.74 Å². The molecule has 1 unspecified atom stereocenters. The molecule has 3 aromatic carbocycles. The summed E-state index contributed by atoms with van der Waals surface area (Å²) < 4.78 is 33.8. The number of aldehydes is 1. The van der Waals surface area contributed by atoms with Gasteiger partial charge in [-0.3, -0.25) is 0 Å². The molecule has 0 radical (unpaired) electrons. The summed E-state index contributed by atoms with van der Waals surface area (Å²) in [7, 11) is -3.85. The molecule has 8 nitrogen and oxygen atoms in total. The summed E-state index contributed by atoms with van der Waals surface area (Å²) in [5.41, 5.74) is 2.95. The first-order valence-corrected chi connectivity index (χ1v) is 13.2. The standard InChI is InChI=1S/C27H31N3O5S/c1-2-35-19-7-17-28-27(32)29-24-11-6-10-23(20-24)21-12-14-25(15-13-21)36(33,34)30-26(16-18-31)22-8-4-3-5-9-22/h3-6,8-15,18,20,26,30H,2,7,16-17,19H2,1H3,(H2,28,29,32). The number of benzene rings is 3. The molecule has 0 aliphatic rings. The maximum atomic E-state index is 13.0. The lowest BCUT2D eigenvalue weighted by molar-refractivity contribution is -0.108. The van der Waals surface area contributed by atoms with Crippen LogP contribution in [0.15, 0.2) is 83.8 Å². The molecule has 1 atom stereocenters. The molecule has 3 aromatic rings. The van der Waals surface area contributed by atoms with Gasteiger partial charge in [-0.2, -0.15) is 0 Å². The number of urea groups is 1. The van der Waals surface area contributed by atoms with Crippen LogP contribution in [0.4, 0.5) is 10.5 Å². The van der Waals surface area contributed by atoms with Gasteiger partial charge in [-0.05, 0) is 54.3 Å². The van der Waals surface area contributed by atoms with E-state index in [-0.39, 0.29) is 17.3 Å². The molecular formula is C27H31N3O5S. The van der Waals surface area contributed by atoms with E-state index < -0.39 is 16.1 Å². The van der Waals surface area contributed by atoms with Gasteiger partial charge in [0.1, 0.15) is 6.29 Å². The molecule has 0 bridgehead atoms. The van der Waals surface area contributed by atoms with Crippen molar-refractivity contribution in [2.24, 2.45) is 0 Å². The van der Waals surface area contributed by atoms with E-state index in [0.717, 1.165) is 17.5 Å². The summed E-state index contributed by atoms with van der Waals surface area (Å²) in [6, 6.07) is 21.8. The summed E-state index contributed by atoms with van der Waals surface area (Å²) in [4.78, 5) is 23.3. The predicted molar refractivity (Wildman–Crippen MR) is 140 cm³/mol. The Labute approximate surface area is 212 Å². The van der Waals surface area contributed by atoms with Gasteiger partial charge in [0, 0.05) is 31.9 Å². The van der Waals surface area contributed by atoms with Crippen molar-refractivity contribution in [2.45, 2.75) is 30.7 Å². The van der Waals surface area contributed by atoms with E-state index in [2.05, 4.69) is 15.4 Å². The average Bonchev–Trinajstić information content (AvgIpc) is 2.89. The first-order chi connectivity index (χ1) is 17.4. The molecule has 3 rings (SSSR count). The molecule has 2 amide bonds. The molecule has 0 saturated carbocycles. The smallest absolute Gasteiger partial charge is 0.319 e. The van der Waals surface area contributed by atoms with Crippen LogP contribution < -0.4 is 15.4 Å². The maximum Gasteiger partial charge on any atom is 0.319 e. The second kappa shape index (κ2) is 13.5. The third-order valence-corrected chi connectivity index (χ3v) is 6.89. The van der Waals surface area contributed by atoms with Crippen molar-refractivity contribution in [1.29, 1.82) is 0 Å². The Morgan fingerprint density at radius 3 is 2.42 bits per heavy atom. The summed E-state index contributed by atoms with van der Waals surface area (Å²) in [6.45, 7) is 3.68. The van der Waals surface area contributed by atoms with Crippen LogP contribution in [0.1, 0.15) is 31.4 Å². The minimum absolute atomic E-state index is 0.0290. The summed E-state index contributed by atoms with van der Waals surface area (Å²) >= 11 is 0. The molecule has 36 heavy (non-hydrogen) atoms. The molecule has 9 heteroatoms. The van der Waals surface area contributed by atoms with Gasteiger partial charge in [0.2, 0.25) is 10.0 Å². The van der Waals surface area contributed by atoms with Gasteiger partial charge in [-0.15, -0.1) is 0 Å². The third kappa shape index (κ3) is 8.01. The van der Waals surface area contributed by atoms with Gasteiger partial charge in [0.25, 0.3) is 0 Å². The Morgan fingerprint density at radius 2 is 1.72 bits per heavy atom. The molecule has 0 aromatic heterocycles. The average molecular weight is 510 g/mol. The lowest BCUT2D eigenvalue weighted by Gasteiger charge is -2.17. The van der Waals surface area contributed by atoms with Crippen LogP contribution >= 0.6 is 0 Å². The second-order valence-corrected chi connectivity index (χ2v) is 9.74. The highest BCUT2D eigenvalue weighted by molar-refractivity contribution is 7.89. The van der Waals surface area contributed by atoms with Gasteiger partial charge >= 0.3 is 6.03 Å². The molecule has 190 valence electrons. The first kappa shape index (κ1) is 27.1. The predicted octanol–water partition coefficient (Wildman–Crippen LogP) is 4.51. The van der Waals surface area contributed by atoms with Crippen molar-refractivity contribution in [1.82, 2.24) is 10.0 Å². The Balaban J connectivity index is 1.66. The fourth-order valence-electron chi connectivity index (χ4n) is 3.59. The number of carbonyl (C=O) groups is 2. The molecule has 3 N–H and O–H groups in total. The number of carbonyl (C=O) groups excluding carboxylic acids is 2. The summed E-state index contributed by atoms with van der Waals surface area (Å²) in [5, 5.41) is 5.59. The molecule has 0 aliphatic carbocycles. The van der Waals surface area contributed by atoms with E-state index >= 15 is 0 Å². The van der Waals surface area contributed by atoms with Gasteiger partial charge in [0.05, 0.1) is 10.9 Å². The zero-order valence-corrected chi connectivity index (χ0v) is 21.0. The topological polar surface area (TPSA) is 114 Å². The number of sulfonamides is 1. The first-order valence-electron chi connectivity index (χ1n) is 11.8. The fourth-order valence-corrected chi connectivity index (χ4v) is 4.83. The van der Waals surface area contributed by atoms with Crippen LogP contribution in [0, 0.1) is 0 Å². The SMILES string of the molecule is CCOCCCNC(=O)Nc1cccc(-c2ccc(S(=O)(=O)NC(CC=O)c3ccccc3)cc2)c1. The van der Waals surface area contributed by atoms with E-state index in [1.54, 1.807) is 42.5 Å². The zero-order valence-electron chi connectivity index (χ0n) is 20.1. The van der Waals surface area contributed by atoms with E-state index in [1.807, 2.05) is 31.2 Å². The van der Waals surface area contributed by atoms with Crippen molar-refractivity contribution in [3.63, 3.8) is 0 Å². The van der Waals surface area contributed by atoms with Crippen molar-refractivity contribution < 1.29 is 22.7 Å². The lowest BCUT2D eigenvalue weighted by atomic mass is 10.1. The lowest BCUT2D eigenvalue weighted by Crippen LogP contribution is -2.30. The molecule has 0 aliphatic heterocycles. The van der Waals surface area contributed by atoms with Crippen LogP contribution in [-0.4, -0.2) is 40.5 Å². The highest BCUT2D eigenvalue weighted by Gasteiger charge is 2.21. The van der Waals surface area contributed by atoms with Gasteiger partial charge in [0.15, 0.2) is 0 Å². The number of anilines is 1. The molecule has 0 saturated heterocycles. The highest BCUT2D eigenvalue weighted by atomic mass is 32.2. The minimum Gasteiger partial charge on any atom is -0.382 e. The molecule has 0 fully saturated rings. The van der Waals surface area contributed by atoms with Gasteiger partial charge in [-0.1, -0.05) is 54.6 Å². The number of rotatable bonds is 13. The highest BCUT2D eigenvalue weighted by Crippen LogP contribution is 2.25. The Morgan fingerprint density at radius 1 is 0.972 bits per heavy atom. The van der Waals surface area contributed by atoms with Crippen molar-refractivity contribution in [3.05, 3.63) is 84.4 Å². The van der Waals surface area contributed by atoms with Crippen LogP contribution in [0.5, 0.6) is 0 Å². The van der Waals surface area contributed by atoms with Crippen molar-refractivity contribution >= 4 is 28.0 Å². The van der Waals surface area contributed by atoms with E-state index in [9.17, 15) is 18.0 Å². The van der Waals surface area contributed by atoms with Crippen LogP contribution in [0.3, 0.4) is 0 Å². The van der Waals surface area contributed by atoms with Crippen LogP contribution in [0.2, 0.25) is 0 Å². The number of ether oxygens (including phenoxy) is 1. The van der Waals surface area contributed by atoms with E-state index in [0.29, 0.717) is 37.3 Å². The normalized spacial score (nSPS) is 12.0. The Hall–Kier alpha value is -3.53. The Bertz CT molecular complexity index is 1230. The number of hydrogen-bond acceptors (Lipinski definition) is 5. The Kier molecular flexibility index (Phi) is 10.2. The number of nitrogens with one attached hydrogen (secondary N) is 3. The fraction of sp³-hybridized carbons (Fsp3) is 0.259. The van der Waals surface area contributed by atoms with Crippen LogP contribution in [-0.2, 0) is 19.6 Å². The number of hydrogen-bond donors (Lipinski definition) is 3. The molecule has 0 heterocycles.